The van der Waals surface area contributed by atoms with E-state index in [0.29, 0.717) is 12.5 Å². The monoisotopic (exact) mass is 376 g/mol. The van der Waals surface area contributed by atoms with Gasteiger partial charge in [-0.3, -0.25) is 4.90 Å². The van der Waals surface area contributed by atoms with Crippen molar-refractivity contribution in [3.05, 3.63) is 60.3 Å². The van der Waals surface area contributed by atoms with Crippen molar-refractivity contribution in [3.8, 4) is 5.88 Å². The Kier molecular flexibility index (Phi) is 6.02. The molecule has 5 heteroatoms. The van der Waals surface area contributed by atoms with Crippen LogP contribution in [0.1, 0.15) is 18.4 Å². The van der Waals surface area contributed by atoms with Crippen molar-refractivity contribution >= 4 is 16.7 Å². The Hall–Kier alpha value is -2.66. The lowest BCUT2D eigenvalue weighted by Gasteiger charge is -2.36. The van der Waals surface area contributed by atoms with Gasteiger partial charge >= 0.3 is 0 Å². The minimum atomic E-state index is 0.616. The lowest BCUT2D eigenvalue weighted by Crippen LogP contribution is -2.46. The van der Waals surface area contributed by atoms with Crippen LogP contribution < -0.4 is 9.64 Å². The molecule has 1 aliphatic heterocycles. The summed E-state index contributed by atoms with van der Waals surface area (Å²) in [5.41, 5.74) is 4.53. The molecule has 0 aliphatic carbocycles. The Morgan fingerprint density at radius 1 is 0.893 bits per heavy atom. The van der Waals surface area contributed by atoms with E-state index >= 15 is 0 Å². The average Bonchev–Trinajstić information content (AvgIpc) is 2.74. The van der Waals surface area contributed by atoms with E-state index in [4.69, 9.17) is 4.74 Å². The van der Waals surface area contributed by atoms with Crippen molar-refractivity contribution in [1.82, 2.24) is 14.9 Å². The summed E-state index contributed by atoms with van der Waals surface area (Å²) in [4.78, 5) is 14.0. The van der Waals surface area contributed by atoms with Crippen LogP contribution in [0.2, 0.25) is 0 Å². The number of unbranched alkanes of at least 4 members (excludes halogenated alkanes) is 1. The molecule has 1 saturated heterocycles. The lowest BCUT2D eigenvalue weighted by molar-refractivity contribution is 0.236. The molecular formula is C23H28N4O. The molecule has 2 heterocycles. The number of aromatic nitrogens is 2. The quantitative estimate of drug-likeness (QED) is 0.585. The van der Waals surface area contributed by atoms with E-state index < -0.39 is 0 Å². The fourth-order valence-electron chi connectivity index (χ4n) is 3.75. The zero-order chi connectivity index (χ0) is 19.2. The van der Waals surface area contributed by atoms with Gasteiger partial charge in [-0.05, 0) is 50.1 Å². The molecule has 146 valence electrons. The van der Waals surface area contributed by atoms with E-state index in [1.165, 1.54) is 11.3 Å². The summed E-state index contributed by atoms with van der Waals surface area (Å²) in [6.07, 6.45) is 3.89. The Balaban J connectivity index is 1.16. The minimum Gasteiger partial charge on any atom is -0.477 e. The van der Waals surface area contributed by atoms with Crippen LogP contribution in [0.4, 0.5) is 5.69 Å². The highest BCUT2D eigenvalue weighted by atomic mass is 16.5. The number of anilines is 1. The number of hydrogen-bond acceptors (Lipinski definition) is 5. The number of nitrogens with zero attached hydrogens (tertiary/aromatic N) is 4. The number of fused-ring (bicyclic) bond motifs is 1. The lowest BCUT2D eigenvalue weighted by atomic mass is 10.1. The number of para-hydroxylation sites is 3. The second-order valence-corrected chi connectivity index (χ2v) is 7.37. The summed E-state index contributed by atoms with van der Waals surface area (Å²) in [5.74, 6) is 0.616. The topological polar surface area (TPSA) is 41.5 Å². The van der Waals surface area contributed by atoms with Gasteiger partial charge in [-0.25, -0.2) is 9.97 Å². The predicted molar refractivity (Wildman–Crippen MR) is 114 cm³/mol. The highest BCUT2D eigenvalue weighted by Crippen LogP contribution is 2.21. The summed E-state index contributed by atoms with van der Waals surface area (Å²) in [6.45, 7) is 8.49. The van der Waals surface area contributed by atoms with Crippen molar-refractivity contribution in [3.63, 3.8) is 0 Å². The maximum atomic E-state index is 5.79. The van der Waals surface area contributed by atoms with E-state index in [-0.39, 0.29) is 0 Å². The Morgan fingerprint density at radius 2 is 1.64 bits per heavy atom. The second-order valence-electron chi connectivity index (χ2n) is 7.37. The van der Waals surface area contributed by atoms with Gasteiger partial charge in [-0.2, -0.15) is 0 Å². The Morgan fingerprint density at radius 3 is 2.46 bits per heavy atom. The first-order chi connectivity index (χ1) is 13.8. The molecule has 0 N–H and O–H groups in total. The zero-order valence-corrected chi connectivity index (χ0v) is 16.6. The smallest absolute Gasteiger partial charge is 0.232 e. The van der Waals surface area contributed by atoms with Crippen molar-refractivity contribution in [2.24, 2.45) is 0 Å². The number of benzene rings is 2. The van der Waals surface area contributed by atoms with Gasteiger partial charge in [0.1, 0.15) is 0 Å². The van der Waals surface area contributed by atoms with Crippen LogP contribution in [0.5, 0.6) is 5.88 Å². The average molecular weight is 377 g/mol. The molecule has 1 fully saturated rings. The van der Waals surface area contributed by atoms with Gasteiger partial charge in [0.05, 0.1) is 23.8 Å². The van der Waals surface area contributed by atoms with Gasteiger partial charge < -0.3 is 9.64 Å². The van der Waals surface area contributed by atoms with Gasteiger partial charge in [-0.1, -0.05) is 30.3 Å². The summed E-state index contributed by atoms with van der Waals surface area (Å²) >= 11 is 0. The van der Waals surface area contributed by atoms with Gasteiger partial charge in [0.25, 0.3) is 0 Å². The second kappa shape index (κ2) is 9.02. The molecule has 0 saturated carbocycles. The van der Waals surface area contributed by atoms with E-state index in [9.17, 15) is 0 Å². The van der Waals surface area contributed by atoms with E-state index in [2.05, 4.69) is 51.0 Å². The first kappa shape index (κ1) is 18.7. The number of aryl methyl sites for hydroxylation is 1. The first-order valence-electron chi connectivity index (χ1n) is 10.2. The van der Waals surface area contributed by atoms with Gasteiger partial charge in [0.2, 0.25) is 5.88 Å². The largest absolute Gasteiger partial charge is 0.477 e. The molecule has 0 amide bonds. The molecule has 0 bridgehead atoms. The number of piperazine rings is 1. The molecule has 4 rings (SSSR count). The summed E-state index contributed by atoms with van der Waals surface area (Å²) in [5, 5.41) is 0. The molecule has 0 radical (unpaired) electrons. The first-order valence-corrected chi connectivity index (χ1v) is 10.2. The highest BCUT2D eigenvalue weighted by Gasteiger charge is 2.17. The van der Waals surface area contributed by atoms with E-state index in [0.717, 1.165) is 56.6 Å². The molecule has 3 aromatic rings. The maximum Gasteiger partial charge on any atom is 0.232 e. The molecule has 2 aromatic carbocycles. The van der Waals surface area contributed by atoms with Crippen molar-refractivity contribution in [1.29, 1.82) is 0 Å². The van der Waals surface area contributed by atoms with Crippen molar-refractivity contribution in [2.45, 2.75) is 19.8 Å². The molecule has 0 atom stereocenters. The Bertz CT molecular complexity index is 906. The Labute approximate surface area is 167 Å². The van der Waals surface area contributed by atoms with Crippen molar-refractivity contribution in [2.75, 3.05) is 44.2 Å². The molecule has 5 nitrogen and oxygen atoms in total. The molecule has 1 aromatic heterocycles. The predicted octanol–water partition coefficient (Wildman–Crippen LogP) is 3.92. The fourth-order valence-corrected chi connectivity index (χ4v) is 3.75. The van der Waals surface area contributed by atoms with Crippen LogP contribution in [0.15, 0.2) is 54.7 Å². The van der Waals surface area contributed by atoms with Crippen LogP contribution >= 0.6 is 0 Å². The van der Waals surface area contributed by atoms with Crippen LogP contribution in [-0.4, -0.2) is 54.2 Å². The molecular weight excluding hydrogens is 348 g/mol. The third kappa shape index (κ3) is 4.60. The number of ether oxygens (including phenoxy) is 1. The fraction of sp³-hybridized carbons (Fsp3) is 0.391. The zero-order valence-electron chi connectivity index (χ0n) is 16.6. The highest BCUT2D eigenvalue weighted by molar-refractivity contribution is 5.73. The van der Waals surface area contributed by atoms with Gasteiger partial charge in [0, 0.05) is 31.9 Å². The summed E-state index contributed by atoms with van der Waals surface area (Å²) < 4.78 is 5.79. The third-order valence-corrected chi connectivity index (χ3v) is 5.37. The number of rotatable bonds is 7. The standard InChI is InChI=1S/C23H28N4O/c1-19-8-2-5-11-22(19)27-15-13-26(14-16-27)12-6-7-17-28-23-18-24-20-9-3-4-10-21(20)25-23/h2-5,8-11,18H,6-7,12-17H2,1H3. The van der Waals surface area contributed by atoms with E-state index in [1.807, 2.05) is 24.3 Å². The molecule has 1 aliphatic rings. The van der Waals surface area contributed by atoms with Crippen LogP contribution in [0.25, 0.3) is 11.0 Å². The minimum absolute atomic E-state index is 0.616. The van der Waals surface area contributed by atoms with Gasteiger partial charge in [-0.15, -0.1) is 0 Å². The summed E-state index contributed by atoms with van der Waals surface area (Å²) in [6, 6.07) is 16.5. The van der Waals surface area contributed by atoms with Crippen LogP contribution in [0.3, 0.4) is 0 Å². The SMILES string of the molecule is Cc1ccccc1N1CCN(CCCCOc2cnc3ccccc3n2)CC1. The maximum absolute atomic E-state index is 5.79. The van der Waals surface area contributed by atoms with Crippen molar-refractivity contribution < 1.29 is 4.74 Å². The third-order valence-electron chi connectivity index (χ3n) is 5.37. The normalized spacial score (nSPS) is 15.1. The number of hydrogen-bond donors (Lipinski definition) is 0. The van der Waals surface area contributed by atoms with E-state index in [1.54, 1.807) is 6.20 Å². The summed E-state index contributed by atoms with van der Waals surface area (Å²) in [7, 11) is 0. The molecule has 0 spiro atoms. The van der Waals surface area contributed by atoms with Crippen LogP contribution in [0, 0.1) is 6.92 Å². The van der Waals surface area contributed by atoms with Gasteiger partial charge in [0.15, 0.2) is 0 Å². The molecule has 28 heavy (non-hydrogen) atoms. The van der Waals surface area contributed by atoms with Crippen LogP contribution in [-0.2, 0) is 0 Å². The molecule has 0 unspecified atom stereocenters.